The molecule has 1 aliphatic rings. The fourth-order valence-electron chi connectivity index (χ4n) is 2.30. The first kappa shape index (κ1) is 9.78. The molecule has 0 unspecified atom stereocenters. The predicted molar refractivity (Wildman–Crippen MR) is 63.3 cm³/mol. The van der Waals surface area contributed by atoms with Crippen molar-refractivity contribution < 1.29 is 0 Å². The van der Waals surface area contributed by atoms with E-state index in [4.69, 9.17) is 0 Å². The van der Waals surface area contributed by atoms with Crippen molar-refractivity contribution in [1.29, 1.82) is 0 Å². The highest BCUT2D eigenvalue weighted by Crippen LogP contribution is 2.11. The molecule has 16 heavy (non-hydrogen) atoms. The summed E-state index contributed by atoms with van der Waals surface area (Å²) in [6, 6.07) is 1.95. The quantitative estimate of drug-likeness (QED) is 0.847. The Morgan fingerprint density at radius 1 is 1.31 bits per heavy atom. The van der Waals surface area contributed by atoms with Crippen LogP contribution < -0.4 is 0 Å². The smallest absolute Gasteiger partial charge is 0.108 e. The molecule has 0 bridgehead atoms. The molecule has 0 saturated carbocycles. The minimum absolute atomic E-state index is 1.01. The molecule has 1 aliphatic heterocycles. The van der Waals surface area contributed by atoms with Crippen molar-refractivity contribution in [3.63, 3.8) is 0 Å². The molecule has 0 spiro atoms. The third kappa shape index (κ3) is 1.93. The molecule has 0 amide bonds. The Morgan fingerprint density at radius 2 is 2.19 bits per heavy atom. The van der Waals surface area contributed by atoms with Crippen LogP contribution in [0.4, 0.5) is 0 Å². The van der Waals surface area contributed by atoms with E-state index < -0.39 is 0 Å². The van der Waals surface area contributed by atoms with Gasteiger partial charge in [0.25, 0.3) is 0 Å². The summed E-state index contributed by atoms with van der Waals surface area (Å²) in [5.74, 6) is 1.08. The summed E-state index contributed by atoms with van der Waals surface area (Å²) in [5.41, 5.74) is 2.06. The van der Waals surface area contributed by atoms with Gasteiger partial charge >= 0.3 is 0 Å². The number of H-pyrrole nitrogens is 1. The maximum atomic E-state index is 4.55. The van der Waals surface area contributed by atoms with Crippen molar-refractivity contribution in [2.75, 3.05) is 19.6 Å². The zero-order valence-electron chi connectivity index (χ0n) is 9.32. The van der Waals surface area contributed by atoms with Crippen LogP contribution in [-0.2, 0) is 6.42 Å². The second-order valence-electron chi connectivity index (χ2n) is 4.38. The average molecular weight is 216 g/mol. The van der Waals surface area contributed by atoms with Crippen LogP contribution in [0.25, 0.3) is 11.0 Å². The maximum Gasteiger partial charge on any atom is 0.108 e. The number of fused-ring (bicyclic) bond motifs is 1. The minimum Gasteiger partial charge on any atom is -0.341 e. The van der Waals surface area contributed by atoms with Gasteiger partial charge in [-0.2, -0.15) is 0 Å². The van der Waals surface area contributed by atoms with E-state index in [1.54, 1.807) is 6.20 Å². The number of hydrogen-bond acceptors (Lipinski definition) is 3. The predicted octanol–water partition coefficient (Wildman–Crippen LogP) is 1.60. The molecule has 0 aromatic carbocycles. The molecular formula is C12H16N4. The van der Waals surface area contributed by atoms with Crippen LogP contribution in [0.2, 0.25) is 0 Å². The summed E-state index contributed by atoms with van der Waals surface area (Å²) in [5, 5.41) is 0. The van der Waals surface area contributed by atoms with E-state index >= 15 is 0 Å². The van der Waals surface area contributed by atoms with E-state index in [-0.39, 0.29) is 0 Å². The fraction of sp³-hybridized carbons (Fsp3) is 0.500. The van der Waals surface area contributed by atoms with Crippen molar-refractivity contribution in [2.45, 2.75) is 19.3 Å². The number of aromatic nitrogens is 3. The zero-order valence-corrected chi connectivity index (χ0v) is 9.32. The largest absolute Gasteiger partial charge is 0.341 e. The van der Waals surface area contributed by atoms with E-state index in [1.165, 1.54) is 25.9 Å². The molecule has 2 aromatic heterocycles. The number of nitrogens with one attached hydrogen (secondary N) is 1. The molecule has 1 saturated heterocycles. The second-order valence-corrected chi connectivity index (χ2v) is 4.38. The number of nitrogens with zero attached hydrogens (tertiary/aromatic N) is 3. The van der Waals surface area contributed by atoms with E-state index in [2.05, 4.69) is 19.9 Å². The molecule has 0 radical (unpaired) electrons. The van der Waals surface area contributed by atoms with Crippen LogP contribution in [0.5, 0.6) is 0 Å². The third-order valence-corrected chi connectivity index (χ3v) is 3.20. The molecule has 4 heteroatoms. The Balaban J connectivity index is 1.69. The Bertz CT molecular complexity index is 438. The molecule has 4 nitrogen and oxygen atoms in total. The fourth-order valence-corrected chi connectivity index (χ4v) is 2.30. The Morgan fingerprint density at radius 3 is 3.00 bits per heavy atom. The maximum absolute atomic E-state index is 4.55. The van der Waals surface area contributed by atoms with E-state index in [1.807, 2.05) is 12.3 Å². The first-order chi connectivity index (χ1) is 7.92. The van der Waals surface area contributed by atoms with Gasteiger partial charge in [-0.25, -0.2) is 4.98 Å². The van der Waals surface area contributed by atoms with Crippen LogP contribution in [-0.4, -0.2) is 39.5 Å². The van der Waals surface area contributed by atoms with Gasteiger partial charge in [0.05, 0.1) is 17.2 Å². The van der Waals surface area contributed by atoms with E-state index in [9.17, 15) is 0 Å². The van der Waals surface area contributed by atoms with Gasteiger partial charge < -0.3 is 9.88 Å². The van der Waals surface area contributed by atoms with Gasteiger partial charge in [-0.05, 0) is 32.0 Å². The van der Waals surface area contributed by atoms with Crippen LogP contribution in [0.1, 0.15) is 18.7 Å². The molecule has 0 aliphatic carbocycles. The standard InChI is InChI=1S/C12H16N4/c1-2-7-16(6-1)8-4-12-14-10-3-5-13-9-11(10)15-12/h3,5,9H,1-2,4,6-8H2,(H,14,15). The van der Waals surface area contributed by atoms with Gasteiger partial charge in [0.15, 0.2) is 0 Å². The summed E-state index contributed by atoms with van der Waals surface area (Å²) in [4.78, 5) is 14.5. The SMILES string of the molecule is c1cc2nc(CCN3CCCC3)[nH]c2cn1. The second kappa shape index (κ2) is 4.22. The van der Waals surface area contributed by atoms with E-state index in [0.29, 0.717) is 0 Å². The van der Waals surface area contributed by atoms with Gasteiger partial charge in [-0.15, -0.1) is 0 Å². The number of imidazole rings is 1. The monoisotopic (exact) mass is 216 g/mol. The van der Waals surface area contributed by atoms with Gasteiger partial charge in [-0.1, -0.05) is 0 Å². The molecular weight excluding hydrogens is 200 g/mol. The number of aromatic amines is 1. The average Bonchev–Trinajstić information content (AvgIpc) is 2.95. The molecule has 0 atom stereocenters. The van der Waals surface area contributed by atoms with Crippen LogP contribution in [0, 0.1) is 0 Å². The Hall–Kier alpha value is -1.42. The lowest BCUT2D eigenvalue weighted by atomic mass is 10.4. The molecule has 3 rings (SSSR count). The zero-order chi connectivity index (χ0) is 10.8. The van der Waals surface area contributed by atoms with E-state index in [0.717, 1.165) is 29.8 Å². The number of likely N-dealkylation sites (tertiary alicyclic amines) is 1. The van der Waals surface area contributed by atoms with Gasteiger partial charge in [0.1, 0.15) is 5.82 Å². The van der Waals surface area contributed by atoms with Gasteiger partial charge in [0, 0.05) is 19.2 Å². The molecule has 1 fully saturated rings. The lowest BCUT2D eigenvalue weighted by Crippen LogP contribution is -2.22. The first-order valence-electron chi connectivity index (χ1n) is 5.93. The minimum atomic E-state index is 1.01. The van der Waals surface area contributed by atoms with Crippen molar-refractivity contribution in [3.8, 4) is 0 Å². The number of rotatable bonds is 3. The highest BCUT2D eigenvalue weighted by atomic mass is 15.1. The summed E-state index contributed by atoms with van der Waals surface area (Å²) in [6.07, 6.45) is 7.33. The topological polar surface area (TPSA) is 44.8 Å². The Labute approximate surface area is 94.7 Å². The van der Waals surface area contributed by atoms with Gasteiger partial charge in [-0.3, -0.25) is 4.98 Å². The molecule has 2 aromatic rings. The lowest BCUT2D eigenvalue weighted by molar-refractivity contribution is 0.341. The number of hydrogen-bond donors (Lipinski definition) is 1. The van der Waals surface area contributed by atoms with Crippen LogP contribution in [0.3, 0.4) is 0 Å². The third-order valence-electron chi connectivity index (χ3n) is 3.20. The number of pyridine rings is 1. The first-order valence-corrected chi connectivity index (χ1v) is 5.93. The summed E-state index contributed by atoms with van der Waals surface area (Å²) < 4.78 is 0. The van der Waals surface area contributed by atoms with Crippen LogP contribution in [0.15, 0.2) is 18.5 Å². The summed E-state index contributed by atoms with van der Waals surface area (Å²) >= 11 is 0. The molecule has 84 valence electrons. The highest BCUT2D eigenvalue weighted by Gasteiger charge is 2.11. The van der Waals surface area contributed by atoms with Crippen LogP contribution >= 0.6 is 0 Å². The van der Waals surface area contributed by atoms with Gasteiger partial charge in [0.2, 0.25) is 0 Å². The van der Waals surface area contributed by atoms with Crippen molar-refractivity contribution >= 4 is 11.0 Å². The van der Waals surface area contributed by atoms with Crippen molar-refractivity contribution in [1.82, 2.24) is 19.9 Å². The summed E-state index contributed by atoms with van der Waals surface area (Å²) in [7, 11) is 0. The molecule has 1 N–H and O–H groups in total. The van der Waals surface area contributed by atoms with Crippen molar-refractivity contribution in [3.05, 3.63) is 24.3 Å². The lowest BCUT2D eigenvalue weighted by Gasteiger charge is -2.12. The summed E-state index contributed by atoms with van der Waals surface area (Å²) in [6.45, 7) is 3.62. The van der Waals surface area contributed by atoms with Crippen molar-refractivity contribution in [2.24, 2.45) is 0 Å². The normalized spacial score (nSPS) is 17.2. The molecule has 3 heterocycles. The Kier molecular flexibility index (Phi) is 2.58. The highest BCUT2D eigenvalue weighted by molar-refractivity contribution is 5.73.